The van der Waals surface area contributed by atoms with Gasteiger partial charge < -0.3 is 14.6 Å². The highest BCUT2D eigenvalue weighted by Gasteiger charge is 2.02. The smallest absolute Gasteiger partial charge is 0.195 e. The van der Waals surface area contributed by atoms with Gasteiger partial charge in [0.15, 0.2) is 9.91 Å². The van der Waals surface area contributed by atoms with Gasteiger partial charge in [0.05, 0.1) is 13.2 Å². The van der Waals surface area contributed by atoms with Crippen molar-refractivity contribution in [1.29, 1.82) is 0 Å². The van der Waals surface area contributed by atoms with E-state index in [2.05, 4.69) is 10.3 Å². The first-order valence-corrected chi connectivity index (χ1v) is 8.06. The molecule has 112 valence electrons. The molecule has 0 atom stereocenters. The van der Waals surface area contributed by atoms with Gasteiger partial charge in [-0.25, -0.2) is 0 Å². The number of hydrogen-bond acceptors (Lipinski definition) is 3. The van der Waals surface area contributed by atoms with Crippen molar-refractivity contribution in [2.45, 2.75) is 6.54 Å². The van der Waals surface area contributed by atoms with E-state index in [4.69, 9.17) is 28.6 Å². The molecule has 0 saturated heterocycles. The van der Waals surface area contributed by atoms with E-state index >= 15 is 0 Å². The molecular formula is C14H16ClN3OS2. The normalized spacial score (nSPS) is 11.6. The number of rotatable bonds is 5. The summed E-state index contributed by atoms with van der Waals surface area (Å²) in [6, 6.07) is 7.79. The average molecular weight is 342 g/mol. The van der Waals surface area contributed by atoms with E-state index < -0.39 is 0 Å². The van der Waals surface area contributed by atoms with Crippen molar-refractivity contribution < 1.29 is 4.74 Å². The van der Waals surface area contributed by atoms with E-state index in [9.17, 15) is 0 Å². The van der Waals surface area contributed by atoms with E-state index in [0.717, 1.165) is 15.4 Å². The third-order valence-corrected chi connectivity index (χ3v) is 4.14. The molecule has 2 rings (SSSR count). The molecule has 0 aliphatic heterocycles. The van der Waals surface area contributed by atoms with Crippen LogP contribution >= 0.6 is 35.2 Å². The molecule has 4 nitrogen and oxygen atoms in total. The van der Waals surface area contributed by atoms with Crippen molar-refractivity contribution in [3.05, 3.63) is 51.2 Å². The van der Waals surface area contributed by atoms with Crippen LogP contribution in [0.15, 0.2) is 40.8 Å². The molecule has 0 aliphatic carbocycles. The Morgan fingerprint density at radius 1 is 1.48 bits per heavy atom. The first-order chi connectivity index (χ1) is 10.2. The van der Waals surface area contributed by atoms with Gasteiger partial charge in [-0.15, -0.1) is 11.3 Å². The summed E-state index contributed by atoms with van der Waals surface area (Å²) in [5.41, 5.74) is 1.05. The summed E-state index contributed by atoms with van der Waals surface area (Å²) in [6.07, 6.45) is 1.98. The highest BCUT2D eigenvalue weighted by atomic mass is 35.5. The SMILES string of the molecule is COCCNC(=S)/N=c1/sccn1Cc1ccccc1Cl. The lowest BCUT2D eigenvalue weighted by Crippen LogP contribution is -2.27. The molecule has 21 heavy (non-hydrogen) atoms. The van der Waals surface area contributed by atoms with Gasteiger partial charge in [0, 0.05) is 30.3 Å². The molecule has 0 saturated carbocycles. The first-order valence-electron chi connectivity index (χ1n) is 6.39. The van der Waals surface area contributed by atoms with Gasteiger partial charge in [-0.1, -0.05) is 29.8 Å². The van der Waals surface area contributed by atoms with Gasteiger partial charge >= 0.3 is 0 Å². The third kappa shape index (κ3) is 4.93. The number of hydrogen-bond donors (Lipinski definition) is 1. The minimum Gasteiger partial charge on any atom is -0.383 e. The van der Waals surface area contributed by atoms with Crippen LogP contribution in [-0.4, -0.2) is 29.9 Å². The van der Waals surface area contributed by atoms with Crippen LogP contribution in [0.5, 0.6) is 0 Å². The molecule has 0 fully saturated rings. The van der Waals surface area contributed by atoms with Gasteiger partial charge in [0.25, 0.3) is 0 Å². The van der Waals surface area contributed by atoms with Crippen LogP contribution in [0.4, 0.5) is 0 Å². The van der Waals surface area contributed by atoms with Crippen molar-refractivity contribution in [3.63, 3.8) is 0 Å². The molecule has 7 heteroatoms. The Morgan fingerprint density at radius 3 is 3.05 bits per heavy atom. The Labute approximate surface area is 138 Å². The van der Waals surface area contributed by atoms with Crippen molar-refractivity contribution in [3.8, 4) is 0 Å². The molecule has 1 aromatic carbocycles. The van der Waals surface area contributed by atoms with Gasteiger partial charge in [-0.2, -0.15) is 4.99 Å². The number of nitrogens with zero attached hydrogens (tertiary/aromatic N) is 2. The van der Waals surface area contributed by atoms with Gasteiger partial charge in [0.1, 0.15) is 0 Å². The minimum atomic E-state index is 0.461. The van der Waals surface area contributed by atoms with Gasteiger partial charge in [0.2, 0.25) is 0 Å². The highest BCUT2D eigenvalue weighted by molar-refractivity contribution is 7.80. The second kappa shape index (κ2) is 8.29. The number of methoxy groups -OCH3 is 1. The van der Waals surface area contributed by atoms with Crippen LogP contribution in [-0.2, 0) is 11.3 Å². The summed E-state index contributed by atoms with van der Waals surface area (Å²) in [6.45, 7) is 1.91. The summed E-state index contributed by atoms with van der Waals surface area (Å²) in [4.78, 5) is 5.26. The van der Waals surface area contributed by atoms with Crippen LogP contribution in [0.2, 0.25) is 5.02 Å². The second-order valence-electron chi connectivity index (χ2n) is 4.24. The molecule has 0 aliphatic rings. The Bertz CT molecular complexity index is 666. The van der Waals surface area contributed by atoms with Crippen molar-refractivity contribution in [2.75, 3.05) is 20.3 Å². The summed E-state index contributed by atoms with van der Waals surface area (Å²) in [7, 11) is 1.65. The quantitative estimate of drug-likeness (QED) is 0.671. The zero-order chi connectivity index (χ0) is 15.1. The molecule has 1 aromatic heterocycles. The topological polar surface area (TPSA) is 38.5 Å². The van der Waals surface area contributed by atoms with Crippen LogP contribution < -0.4 is 10.1 Å². The van der Waals surface area contributed by atoms with E-state index in [1.807, 2.05) is 40.4 Å². The average Bonchev–Trinajstić information content (AvgIpc) is 2.89. The monoisotopic (exact) mass is 341 g/mol. The third-order valence-electron chi connectivity index (χ3n) is 2.74. The zero-order valence-electron chi connectivity index (χ0n) is 11.6. The lowest BCUT2D eigenvalue weighted by atomic mass is 10.2. The lowest BCUT2D eigenvalue weighted by molar-refractivity contribution is 0.204. The summed E-state index contributed by atoms with van der Waals surface area (Å²) in [5, 5.41) is 6.22. The lowest BCUT2D eigenvalue weighted by Gasteiger charge is -2.06. The second-order valence-corrected chi connectivity index (χ2v) is 5.91. The number of halogens is 1. The maximum absolute atomic E-state index is 6.19. The summed E-state index contributed by atoms with van der Waals surface area (Å²) in [5.74, 6) is 0. The molecule has 2 aromatic rings. The zero-order valence-corrected chi connectivity index (χ0v) is 14.0. The molecule has 0 unspecified atom stereocenters. The molecule has 0 spiro atoms. The number of benzene rings is 1. The fourth-order valence-electron chi connectivity index (χ4n) is 1.70. The van der Waals surface area contributed by atoms with Gasteiger partial charge in [-0.3, -0.25) is 0 Å². The maximum atomic E-state index is 6.19. The van der Waals surface area contributed by atoms with E-state index in [1.54, 1.807) is 7.11 Å². The molecule has 1 heterocycles. The fraction of sp³-hybridized carbons (Fsp3) is 0.286. The van der Waals surface area contributed by atoms with E-state index in [0.29, 0.717) is 24.8 Å². The van der Waals surface area contributed by atoms with Crippen molar-refractivity contribution in [1.82, 2.24) is 9.88 Å². The van der Waals surface area contributed by atoms with E-state index in [-0.39, 0.29) is 0 Å². The molecule has 0 radical (unpaired) electrons. The highest BCUT2D eigenvalue weighted by Crippen LogP contribution is 2.15. The number of nitrogens with one attached hydrogen (secondary N) is 1. The molecule has 0 bridgehead atoms. The Balaban J connectivity index is 2.11. The molecular weight excluding hydrogens is 326 g/mol. The first kappa shape index (κ1) is 16.2. The maximum Gasteiger partial charge on any atom is 0.195 e. The minimum absolute atomic E-state index is 0.461. The predicted octanol–water partition coefficient (Wildman–Crippen LogP) is 2.67. The van der Waals surface area contributed by atoms with Crippen LogP contribution in [0.25, 0.3) is 0 Å². The fourth-order valence-corrected chi connectivity index (χ4v) is 2.88. The molecule has 0 amide bonds. The molecule has 1 N–H and O–H groups in total. The van der Waals surface area contributed by atoms with Crippen molar-refractivity contribution >= 4 is 40.3 Å². The number of aromatic nitrogens is 1. The Kier molecular flexibility index (Phi) is 6.38. The number of thiocarbonyl (C=S) groups is 1. The largest absolute Gasteiger partial charge is 0.383 e. The summed E-state index contributed by atoms with van der Waals surface area (Å²) < 4.78 is 6.99. The standard InChI is InChI=1S/C14H16ClN3OS2/c1-19-8-6-16-13(20)17-14-18(7-9-21-14)10-11-4-2-3-5-12(11)15/h2-5,7,9H,6,8,10H2,1H3,(H,16,20)/b17-14+. The van der Waals surface area contributed by atoms with Crippen LogP contribution in [0.1, 0.15) is 5.56 Å². The van der Waals surface area contributed by atoms with Gasteiger partial charge in [-0.05, 0) is 23.8 Å². The summed E-state index contributed by atoms with van der Waals surface area (Å²) >= 11 is 12.9. The van der Waals surface area contributed by atoms with Crippen LogP contribution in [0.3, 0.4) is 0 Å². The van der Waals surface area contributed by atoms with Crippen LogP contribution in [0, 0.1) is 0 Å². The van der Waals surface area contributed by atoms with E-state index in [1.165, 1.54) is 11.3 Å². The Morgan fingerprint density at radius 2 is 2.29 bits per heavy atom. The number of thiazole rings is 1. The Hall–Kier alpha value is -1.21. The van der Waals surface area contributed by atoms with Crippen molar-refractivity contribution in [2.24, 2.45) is 4.99 Å². The predicted molar refractivity (Wildman–Crippen MR) is 90.9 cm³/mol. The number of ether oxygens (including phenoxy) is 1.